The molecule has 1 heterocycles. The summed E-state index contributed by atoms with van der Waals surface area (Å²) in [6.45, 7) is 9.84. The molecule has 1 saturated heterocycles. The largest absolute Gasteiger partial charge is 0.467 e. The number of methoxy groups -OCH3 is 1. The van der Waals surface area contributed by atoms with Crippen LogP contribution in [-0.2, 0) is 47.6 Å². The zero-order chi connectivity index (χ0) is 24.9. The maximum absolute atomic E-state index is 12.5. The van der Waals surface area contributed by atoms with Crippen LogP contribution in [0.1, 0.15) is 60.8 Å². The lowest BCUT2D eigenvalue weighted by Crippen LogP contribution is -2.64. The van der Waals surface area contributed by atoms with Gasteiger partial charge in [-0.3, -0.25) is 14.4 Å². The van der Waals surface area contributed by atoms with E-state index in [2.05, 4.69) is 20.8 Å². The van der Waals surface area contributed by atoms with Crippen LogP contribution in [0.5, 0.6) is 0 Å². The fraction of sp³-hybridized carbons (Fsp3) is 0.826. The van der Waals surface area contributed by atoms with Gasteiger partial charge < -0.3 is 28.4 Å². The van der Waals surface area contributed by atoms with Crippen LogP contribution in [-0.4, -0.2) is 67.8 Å². The molecular weight excluding hydrogens is 436 g/mol. The lowest BCUT2D eigenvalue weighted by atomic mass is 9.75. The van der Waals surface area contributed by atoms with E-state index in [4.69, 9.17) is 28.4 Å². The Hall–Kier alpha value is -2.20. The van der Waals surface area contributed by atoms with E-state index in [9.17, 15) is 19.2 Å². The highest BCUT2D eigenvalue weighted by Crippen LogP contribution is 2.38. The van der Waals surface area contributed by atoms with Crippen molar-refractivity contribution in [3.8, 4) is 0 Å². The Morgan fingerprint density at radius 2 is 1.39 bits per heavy atom. The molecule has 5 unspecified atom stereocenters. The highest BCUT2D eigenvalue weighted by atomic mass is 16.7. The Morgan fingerprint density at radius 1 is 0.848 bits per heavy atom. The van der Waals surface area contributed by atoms with Crippen molar-refractivity contribution < 1.29 is 47.6 Å². The molecule has 1 aliphatic carbocycles. The van der Waals surface area contributed by atoms with Crippen LogP contribution in [0.4, 0.5) is 0 Å². The van der Waals surface area contributed by atoms with Gasteiger partial charge in [0, 0.05) is 20.8 Å². The normalized spacial score (nSPS) is 34.3. The molecule has 0 amide bonds. The average Bonchev–Trinajstić information content (AvgIpc) is 2.70. The topological polar surface area (TPSA) is 124 Å². The van der Waals surface area contributed by atoms with E-state index in [1.165, 1.54) is 6.92 Å². The van der Waals surface area contributed by atoms with E-state index in [1.54, 1.807) is 0 Å². The predicted molar refractivity (Wildman–Crippen MR) is 114 cm³/mol. The number of hydrogen-bond donors (Lipinski definition) is 0. The molecule has 1 aliphatic heterocycles. The summed E-state index contributed by atoms with van der Waals surface area (Å²) in [4.78, 5) is 48.1. The monoisotopic (exact) mass is 472 g/mol. The third-order valence-corrected chi connectivity index (χ3v) is 6.10. The van der Waals surface area contributed by atoms with Crippen LogP contribution in [0.25, 0.3) is 0 Å². The van der Waals surface area contributed by atoms with Gasteiger partial charge in [-0.1, -0.05) is 27.2 Å². The SMILES string of the molecule is COC(=O)C1OC(O[C@@H]2C[C@H](C)CC[C@H]2C(C)C)C(OC(C)=O)C(OC(C)=O)C1OC(C)=O. The predicted octanol–water partition coefficient (Wildman–Crippen LogP) is 2.16. The van der Waals surface area contributed by atoms with Crippen molar-refractivity contribution in [2.45, 2.75) is 97.6 Å². The summed E-state index contributed by atoms with van der Waals surface area (Å²) in [5, 5.41) is 0. The number of carbonyl (C=O) groups excluding carboxylic acids is 4. The molecule has 2 rings (SSSR count). The first kappa shape index (κ1) is 27.0. The second kappa shape index (κ2) is 11.8. The van der Waals surface area contributed by atoms with Crippen molar-refractivity contribution in [3.63, 3.8) is 0 Å². The van der Waals surface area contributed by atoms with Crippen molar-refractivity contribution in [2.24, 2.45) is 17.8 Å². The third kappa shape index (κ3) is 7.14. The molecule has 1 saturated carbocycles. The van der Waals surface area contributed by atoms with Gasteiger partial charge in [0.15, 0.2) is 30.7 Å². The van der Waals surface area contributed by atoms with E-state index in [1.807, 2.05) is 0 Å². The van der Waals surface area contributed by atoms with Crippen molar-refractivity contribution in [2.75, 3.05) is 7.11 Å². The quantitative estimate of drug-likeness (QED) is 0.402. The molecule has 0 bridgehead atoms. The molecule has 33 heavy (non-hydrogen) atoms. The minimum absolute atomic E-state index is 0.220. The van der Waals surface area contributed by atoms with Crippen molar-refractivity contribution in [1.29, 1.82) is 0 Å². The number of esters is 4. The molecule has 8 atom stereocenters. The van der Waals surface area contributed by atoms with Crippen LogP contribution in [0.2, 0.25) is 0 Å². The summed E-state index contributed by atoms with van der Waals surface area (Å²) in [7, 11) is 1.16. The molecule has 188 valence electrons. The van der Waals surface area contributed by atoms with Crippen LogP contribution in [0.3, 0.4) is 0 Å². The Bertz CT molecular complexity index is 720. The Labute approximate surface area is 194 Å². The van der Waals surface area contributed by atoms with Crippen LogP contribution in [0, 0.1) is 17.8 Å². The van der Waals surface area contributed by atoms with Crippen LogP contribution >= 0.6 is 0 Å². The van der Waals surface area contributed by atoms with Gasteiger partial charge in [-0.25, -0.2) is 4.79 Å². The Morgan fingerprint density at radius 3 is 1.91 bits per heavy atom. The highest BCUT2D eigenvalue weighted by Gasteiger charge is 2.56. The van der Waals surface area contributed by atoms with E-state index in [0.717, 1.165) is 40.2 Å². The maximum Gasteiger partial charge on any atom is 0.339 e. The van der Waals surface area contributed by atoms with Crippen LogP contribution < -0.4 is 0 Å². The van der Waals surface area contributed by atoms with Gasteiger partial charge in [0.1, 0.15) is 0 Å². The summed E-state index contributed by atoms with van der Waals surface area (Å²) in [6, 6.07) is 0. The van der Waals surface area contributed by atoms with E-state index < -0.39 is 54.6 Å². The summed E-state index contributed by atoms with van der Waals surface area (Å²) in [5.41, 5.74) is 0. The molecule has 10 heteroatoms. The number of ether oxygens (including phenoxy) is 6. The smallest absolute Gasteiger partial charge is 0.339 e. The van der Waals surface area contributed by atoms with Crippen LogP contribution in [0.15, 0.2) is 0 Å². The molecule has 2 aliphatic rings. The second-order valence-electron chi connectivity index (χ2n) is 9.17. The van der Waals surface area contributed by atoms with Gasteiger partial charge in [0.25, 0.3) is 0 Å². The molecule has 0 spiro atoms. The lowest BCUT2D eigenvalue weighted by Gasteiger charge is -2.46. The number of carbonyl (C=O) groups is 4. The summed E-state index contributed by atoms with van der Waals surface area (Å²) in [6.07, 6.45) is -4.14. The number of hydrogen-bond acceptors (Lipinski definition) is 10. The lowest BCUT2D eigenvalue weighted by molar-refractivity contribution is -0.317. The maximum atomic E-state index is 12.5. The number of rotatable bonds is 7. The first-order valence-corrected chi connectivity index (χ1v) is 11.3. The standard InChI is InChI=1S/C23H36O10/c1-11(2)16-9-8-12(3)10-17(16)32-23-21(31-15(6)26)19(30-14(5)25)18(29-13(4)24)20(33-23)22(27)28-7/h11-12,16-21,23H,8-10H2,1-7H3/t12-,16+,17-,18?,19?,20?,21?,23?/m1/s1. The Balaban J connectivity index is 2.46. The van der Waals surface area contributed by atoms with Gasteiger partial charge >= 0.3 is 23.9 Å². The van der Waals surface area contributed by atoms with Gasteiger partial charge in [0.05, 0.1) is 13.2 Å². The molecule has 10 nitrogen and oxygen atoms in total. The van der Waals surface area contributed by atoms with Crippen molar-refractivity contribution in [3.05, 3.63) is 0 Å². The molecule has 0 N–H and O–H groups in total. The molecule has 0 aromatic rings. The summed E-state index contributed by atoms with van der Waals surface area (Å²) in [5.74, 6) is -2.02. The zero-order valence-corrected chi connectivity index (χ0v) is 20.4. The van der Waals surface area contributed by atoms with Gasteiger partial charge in [-0.05, 0) is 30.6 Å². The van der Waals surface area contributed by atoms with Gasteiger partial charge in [0.2, 0.25) is 0 Å². The van der Waals surface area contributed by atoms with E-state index in [-0.39, 0.29) is 12.0 Å². The molecule has 2 fully saturated rings. The summed E-state index contributed by atoms with van der Waals surface area (Å²) < 4.78 is 33.2. The highest BCUT2D eigenvalue weighted by molar-refractivity contribution is 5.77. The zero-order valence-electron chi connectivity index (χ0n) is 20.4. The molecule has 0 aromatic heterocycles. The minimum Gasteiger partial charge on any atom is -0.467 e. The fourth-order valence-electron chi connectivity index (χ4n) is 4.63. The van der Waals surface area contributed by atoms with Crippen molar-refractivity contribution >= 4 is 23.9 Å². The second-order valence-corrected chi connectivity index (χ2v) is 9.17. The van der Waals surface area contributed by atoms with E-state index in [0.29, 0.717) is 11.8 Å². The molecule has 0 radical (unpaired) electrons. The summed E-state index contributed by atoms with van der Waals surface area (Å²) >= 11 is 0. The average molecular weight is 473 g/mol. The van der Waals surface area contributed by atoms with Gasteiger partial charge in [-0.2, -0.15) is 0 Å². The Kier molecular flexibility index (Phi) is 9.66. The fourth-order valence-corrected chi connectivity index (χ4v) is 4.63. The molecular formula is C23H36O10. The first-order valence-electron chi connectivity index (χ1n) is 11.3. The minimum atomic E-state index is -1.45. The van der Waals surface area contributed by atoms with E-state index >= 15 is 0 Å². The molecule has 0 aromatic carbocycles. The third-order valence-electron chi connectivity index (χ3n) is 6.10. The van der Waals surface area contributed by atoms with Gasteiger partial charge in [-0.15, -0.1) is 0 Å². The van der Waals surface area contributed by atoms with Crippen molar-refractivity contribution in [1.82, 2.24) is 0 Å². The first-order chi connectivity index (χ1) is 15.4.